The third-order valence-electron chi connectivity index (χ3n) is 18.5. The molecule has 2 heterocycles. The molecule has 0 radical (unpaired) electrons. The molecule has 3 aromatic rings. The van der Waals surface area contributed by atoms with Crippen molar-refractivity contribution in [1.29, 1.82) is 0 Å². The van der Waals surface area contributed by atoms with Crippen LogP contribution in [0.2, 0.25) is 5.02 Å². The van der Waals surface area contributed by atoms with Crippen LogP contribution in [0.3, 0.4) is 0 Å². The SMILES string of the molecule is CC[C@H](C)[C@@H]1NC(=O)[C@H](C)N(C)C(=O)CC(C(=O)N2CCCC2)NC(=O)[C@H](CC(C)C)N(C)C(=O)[C@H](Cc2ccccc2)N(C)C(=O)[C@H](CC(C)C)NC(=O)[C@H](CCc2ccc(C(F)(F)F)cc2)NC(=O)CN(C)C(=O)[C@H](Cc2ccc(Cl)cc2)N(C)C(=O)CN(C)C(=O)CN(C)C1=O. The quantitative estimate of drug-likeness (QED) is 0.173. The van der Waals surface area contributed by atoms with E-state index in [2.05, 4.69) is 21.3 Å². The standard InChI is InChI=1S/C71H100ClF3N12O12/c1-15-45(6)62-70(99)82(10)41-60(90)80(8)42-61(91)84(12)56(38-49-25-30-51(72)31-26-49)68(97)81(9)40-58(88)76-52(32-27-47-23-28-50(29-24-47)71(73,74)75)64(93)77-53(35-43(2)3)66(95)86(14)57(37-48-21-17-16-18-22-48)69(98)85(13)55(36-44(4)5)65(94)78-54(67(96)87-33-19-20-34-87)39-59(89)83(11)46(7)63(92)79-62/h16-18,21-26,28-31,43-46,52-57,62H,15,19-20,27,32-42H2,1-14H3,(H,76,88)(H,77,93)(H,78,94)(H,79,92)/t45-,46-,52-,53-,54?,55-,56-,57-,62-/m0/s1. The van der Waals surface area contributed by atoms with E-state index >= 15 is 14.4 Å². The van der Waals surface area contributed by atoms with Crippen molar-refractivity contribution in [2.75, 3.05) is 82.1 Å². The summed E-state index contributed by atoms with van der Waals surface area (Å²) in [5, 5.41) is 11.4. The van der Waals surface area contributed by atoms with Gasteiger partial charge in [-0.2, -0.15) is 13.2 Å². The highest BCUT2D eigenvalue weighted by atomic mass is 35.5. The molecule has 2 fully saturated rings. The van der Waals surface area contributed by atoms with Gasteiger partial charge in [0.2, 0.25) is 70.9 Å². The Hall–Kier alpha value is -8.62. The molecular formula is C71H100ClF3N12O12. The van der Waals surface area contributed by atoms with E-state index < -0.39 is 163 Å². The van der Waals surface area contributed by atoms with Gasteiger partial charge in [0.05, 0.1) is 31.6 Å². The Bertz CT molecular complexity index is 3320. The number of carbonyl (C=O) groups excluding carboxylic acids is 12. The lowest BCUT2D eigenvalue weighted by atomic mass is 9.97. The van der Waals surface area contributed by atoms with E-state index in [0.29, 0.717) is 54.1 Å². The summed E-state index contributed by atoms with van der Waals surface area (Å²) in [4.78, 5) is 185. The number of nitrogens with zero attached hydrogens (tertiary/aromatic N) is 8. The van der Waals surface area contributed by atoms with Gasteiger partial charge in [0.25, 0.3) is 0 Å². The van der Waals surface area contributed by atoms with Crippen LogP contribution >= 0.6 is 11.6 Å². The summed E-state index contributed by atoms with van der Waals surface area (Å²) in [6.07, 6.45) is -4.11. The zero-order valence-electron chi connectivity index (χ0n) is 59.5. The molecule has 0 saturated carbocycles. The summed E-state index contributed by atoms with van der Waals surface area (Å²) in [7, 11) is 9.40. The largest absolute Gasteiger partial charge is 0.416 e. The molecular weight excluding hydrogens is 1310 g/mol. The Labute approximate surface area is 584 Å². The zero-order chi connectivity index (χ0) is 73.9. The minimum atomic E-state index is -4.65. The minimum Gasteiger partial charge on any atom is -0.343 e. The van der Waals surface area contributed by atoms with E-state index in [1.165, 1.54) is 83.1 Å². The monoisotopic (exact) mass is 1400 g/mol. The van der Waals surface area contributed by atoms with E-state index in [0.717, 1.165) is 36.6 Å². The summed E-state index contributed by atoms with van der Waals surface area (Å²) in [5.41, 5.74) is 0.589. The zero-order valence-corrected chi connectivity index (χ0v) is 60.2. The molecule has 544 valence electrons. The molecule has 99 heavy (non-hydrogen) atoms. The van der Waals surface area contributed by atoms with E-state index in [9.17, 15) is 56.3 Å². The molecule has 0 aliphatic carbocycles. The second-order valence-electron chi connectivity index (χ2n) is 27.1. The van der Waals surface area contributed by atoms with Gasteiger partial charge in [-0.25, -0.2) is 0 Å². The van der Waals surface area contributed by atoms with Crippen LogP contribution in [-0.2, 0) is 83.0 Å². The molecule has 9 atom stereocenters. The molecule has 24 nitrogen and oxygen atoms in total. The first-order valence-electron chi connectivity index (χ1n) is 33.7. The molecule has 0 aromatic heterocycles. The summed E-state index contributed by atoms with van der Waals surface area (Å²) < 4.78 is 41.1. The van der Waals surface area contributed by atoms with Gasteiger partial charge in [0, 0.05) is 80.3 Å². The molecule has 3 aromatic carbocycles. The molecule has 2 aliphatic rings. The van der Waals surface area contributed by atoms with Crippen LogP contribution in [0.15, 0.2) is 78.9 Å². The third-order valence-corrected chi connectivity index (χ3v) is 18.7. The molecule has 5 rings (SSSR count). The van der Waals surface area contributed by atoms with Crippen LogP contribution in [0.5, 0.6) is 0 Å². The van der Waals surface area contributed by atoms with Crippen molar-refractivity contribution in [3.63, 3.8) is 0 Å². The number of benzene rings is 3. The van der Waals surface area contributed by atoms with Gasteiger partial charge in [0.15, 0.2) is 0 Å². The minimum absolute atomic E-state index is 0.0174. The maximum atomic E-state index is 15.5. The average molecular weight is 1410 g/mol. The fourth-order valence-corrected chi connectivity index (χ4v) is 12.0. The Morgan fingerprint density at radius 1 is 0.535 bits per heavy atom. The molecule has 2 saturated heterocycles. The molecule has 4 N–H and O–H groups in total. The maximum Gasteiger partial charge on any atom is 0.416 e. The number of hydrogen-bond donors (Lipinski definition) is 4. The van der Waals surface area contributed by atoms with Crippen molar-refractivity contribution in [2.24, 2.45) is 17.8 Å². The molecule has 0 bridgehead atoms. The first-order valence-corrected chi connectivity index (χ1v) is 34.0. The Morgan fingerprint density at radius 3 is 1.64 bits per heavy atom. The van der Waals surface area contributed by atoms with Gasteiger partial charge in [-0.15, -0.1) is 0 Å². The van der Waals surface area contributed by atoms with Crippen LogP contribution in [-0.4, -0.2) is 240 Å². The van der Waals surface area contributed by atoms with Gasteiger partial charge in [-0.1, -0.05) is 114 Å². The average Bonchev–Trinajstić information content (AvgIpc) is 1.45. The van der Waals surface area contributed by atoms with Crippen LogP contribution < -0.4 is 21.3 Å². The summed E-state index contributed by atoms with van der Waals surface area (Å²) in [6.45, 7) is 10.9. The van der Waals surface area contributed by atoms with E-state index in [1.54, 1.807) is 82.3 Å². The maximum absolute atomic E-state index is 15.5. The fraction of sp³-hybridized carbons (Fsp3) is 0.577. The van der Waals surface area contributed by atoms with Gasteiger partial charge >= 0.3 is 6.18 Å². The Kier molecular flexibility index (Phi) is 30.3. The van der Waals surface area contributed by atoms with Crippen LogP contribution in [0, 0.1) is 17.8 Å². The molecule has 12 amide bonds. The highest BCUT2D eigenvalue weighted by Crippen LogP contribution is 2.30. The lowest BCUT2D eigenvalue weighted by Gasteiger charge is -2.37. The van der Waals surface area contributed by atoms with Crippen molar-refractivity contribution in [3.8, 4) is 0 Å². The van der Waals surface area contributed by atoms with Gasteiger partial charge in [-0.05, 0) is 104 Å². The summed E-state index contributed by atoms with van der Waals surface area (Å²) in [5.74, 6) is -10.1. The normalized spacial score (nSPS) is 23.6. The first-order chi connectivity index (χ1) is 46.4. The molecule has 0 spiro atoms. The number of halogens is 4. The first kappa shape index (κ1) is 81.1. The highest BCUT2D eigenvalue weighted by Gasteiger charge is 2.42. The summed E-state index contributed by atoms with van der Waals surface area (Å²) in [6, 6.07) is 8.45. The van der Waals surface area contributed by atoms with Crippen molar-refractivity contribution < 1.29 is 70.7 Å². The predicted molar refractivity (Wildman–Crippen MR) is 366 cm³/mol. The number of likely N-dealkylation sites (tertiary alicyclic amines) is 1. The van der Waals surface area contributed by atoms with Crippen LogP contribution in [0.1, 0.15) is 116 Å². The summed E-state index contributed by atoms with van der Waals surface area (Å²) >= 11 is 6.22. The Morgan fingerprint density at radius 2 is 1.07 bits per heavy atom. The number of hydrogen-bond acceptors (Lipinski definition) is 12. The Balaban J connectivity index is 1.64. The van der Waals surface area contributed by atoms with Crippen LogP contribution in [0.4, 0.5) is 13.2 Å². The second-order valence-corrected chi connectivity index (χ2v) is 27.6. The van der Waals surface area contributed by atoms with Gasteiger partial charge in [-0.3, -0.25) is 57.5 Å². The van der Waals surface area contributed by atoms with Gasteiger partial charge in [0.1, 0.15) is 48.3 Å². The van der Waals surface area contributed by atoms with Crippen LogP contribution in [0.25, 0.3) is 0 Å². The molecule has 1 unspecified atom stereocenters. The predicted octanol–water partition coefficient (Wildman–Crippen LogP) is 4.58. The topological polar surface area (TPSA) is 279 Å². The van der Waals surface area contributed by atoms with Crippen molar-refractivity contribution in [2.45, 2.75) is 167 Å². The number of aryl methyl sites for hydroxylation is 1. The van der Waals surface area contributed by atoms with E-state index in [1.807, 2.05) is 13.8 Å². The number of nitrogens with one attached hydrogen (secondary N) is 4. The number of amides is 12. The number of rotatable bonds is 14. The van der Waals surface area contributed by atoms with Gasteiger partial charge < -0.3 is 60.5 Å². The number of carbonyl (C=O) groups is 12. The van der Waals surface area contributed by atoms with E-state index in [4.69, 9.17) is 11.6 Å². The van der Waals surface area contributed by atoms with Crippen molar-refractivity contribution in [3.05, 3.63) is 106 Å². The smallest absolute Gasteiger partial charge is 0.343 e. The number of likely N-dealkylation sites (N-methyl/N-ethyl adjacent to an activating group) is 7. The van der Waals surface area contributed by atoms with Crippen molar-refractivity contribution in [1.82, 2.24) is 60.5 Å². The third kappa shape index (κ3) is 23.2. The second kappa shape index (κ2) is 37.0. The highest BCUT2D eigenvalue weighted by molar-refractivity contribution is 6.30. The fourth-order valence-electron chi connectivity index (χ4n) is 11.8. The number of alkyl halides is 3. The molecule has 2 aliphatic heterocycles. The van der Waals surface area contributed by atoms with E-state index in [-0.39, 0.29) is 50.4 Å². The lowest BCUT2D eigenvalue weighted by Crippen LogP contribution is -2.61. The van der Waals surface area contributed by atoms with Crippen molar-refractivity contribution >= 4 is 82.5 Å². The molecule has 28 heteroatoms. The lowest BCUT2D eigenvalue weighted by molar-refractivity contribution is -0.150.